The summed E-state index contributed by atoms with van der Waals surface area (Å²) in [5, 5.41) is 1.46. The number of nitrogens with zero attached hydrogens (tertiary/aromatic N) is 1. The average Bonchev–Trinajstić information content (AvgIpc) is 2.45. The second-order valence-electron chi connectivity index (χ2n) is 5.46. The Balaban J connectivity index is 2.38. The molecule has 0 amide bonds. The number of aromatic nitrogens is 1. The molecule has 0 radical (unpaired) electrons. The third-order valence-corrected chi connectivity index (χ3v) is 5.15. The molecule has 2 aromatic rings. The highest BCUT2D eigenvalue weighted by Crippen LogP contribution is 2.22. The Morgan fingerprint density at radius 3 is 2.71 bits per heavy atom. The molecule has 0 fully saturated rings. The lowest BCUT2D eigenvalue weighted by Gasteiger charge is -2.18. The number of benzene rings is 1. The van der Waals surface area contributed by atoms with E-state index in [1.54, 1.807) is 30.6 Å². The van der Waals surface area contributed by atoms with Gasteiger partial charge in [-0.3, -0.25) is 4.98 Å². The Bertz CT molecular complexity index is 711. The van der Waals surface area contributed by atoms with Crippen LogP contribution in [0.25, 0.3) is 10.8 Å². The Morgan fingerprint density at radius 1 is 1.29 bits per heavy atom. The summed E-state index contributed by atoms with van der Waals surface area (Å²) in [6.07, 6.45) is 3.95. The third kappa shape index (κ3) is 3.93. The van der Waals surface area contributed by atoms with Crippen molar-refractivity contribution in [3.63, 3.8) is 0 Å². The fraction of sp³-hybridized carbons (Fsp3) is 0.400. The first-order valence-electron chi connectivity index (χ1n) is 6.85. The summed E-state index contributed by atoms with van der Waals surface area (Å²) in [7, 11) is -3.61. The minimum absolute atomic E-state index is 0.254. The van der Waals surface area contributed by atoms with Gasteiger partial charge < -0.3 is 0 Å². The first-order chi connectivity index (χ1) is 9.94. The van der Waals surface area contributed by atoms with Gasteiger partial charge in [0.05, 0.1) is 4.90 Å². The molecule has 1 atom stereocenters. The van der Waals surface area contributed by atoms with Gasteiger partial charge in [-0.05, 0) is 24.5 Å². The number of hydrogen-bond acceptors (Lipinski definition) is 3. The van der Waals surface area contributed by atoms with Gasteiger partial charge in [0.2, 0.25) is 10.0 Å². The van der Waals surface area contributed by atoms with Crippen molar-refractivity contribution in [3.05, 3.63) is 36.7 Å². The summed E-state index contributed by atoms with van der Waals surface area (Å²) in [5.41, 5.74) is 0. The Morgan fingerprint density at radius 2 is 2.05 bits per heavy atom. The maximum Gasteiger partial charge on any atom is 0.241 e. The van der Waals surface area contributed by atoms with Crippen molar-refractivity contribution in [2.75, 3.05) is 5.88 Å². The van der Waals surface area contributed by atoms with E-state index in [9.17, 15) is 8.42 Å². The van der Waals surface area contributed by atoms with E-state index in [4.69, 9.17) is 11.6 Å². The van der Waals surface area contributed by atoms with E-state index in [1.807, 2.05) is 19.9 Å². The average molecular weight is 327 g/mol. The topological polar surface area (TPSA) is 59.1 Å². The molecule has 0 saturated heterocycles. The van der Waals surface area contributed by atoms with Crippen molar-refractivity contribution >= 4 is 32.4 Å². The van der Waals surface area contributed by atoms with Crippen molar-refractivity contribution in [2.45, 2.75) is 31.2 Å². The summed E-state index contributed by atoms with van der Waals surface area (Å²) < 4.78 is 27.9. The number of hydrogen-bond donors (Lipinski definition) is 1. The Kier molecular flexibility index (Phi) is 5.19. The van der Waals surface area contributed by atoms with Gasteiger partial charge >= 0.3 is 0 Å². The van der Waals surface area contributed by atoms with Gasteiger partial charge in [0.1, 0.15) is 0 Å². The van der Waals surface area contributed by atoms with E-state index in [-0.39, 0.29) is 16.8 Å². The van der Waals surface area contributed by atoms with Crippen LogP contribution in [0.1, 0.15) is 20.3 Å². The summed E-state index contributed by atoms with van der Waals surface area (Å²) in [4.78, 5) is 4.28. The Hall–Kier alpha value is -1.17. The van der Waals surface area contributed by atoms with Crippen LogP contribution in [0.3, 0.4) is 0 Å². The molecular weight excluding hydrogens is 308 g/mol. The molecule has 0 aliphatic carbocycles. The lowest BCUT2D eigenvalue weighted by Crippen LogP contribution is -2.37. The number of alkyl halides is 1. The Labute approximate surface area is 130 Å². The van der Waals surface area contributed by atoms with Gasteiger partial charge in [0, 0.05) is 35.1 Å². The highest BCUT2D eigenvalue weighted by Gasteiger charge is 2.22. The molecular formula is C15H19ClN2O2S. The summed E-state index contributed by atoms with van der Waals surface area (Å²) in [6, 6.07) is 6.60. The molecule has 21 heavy (non-hydrogen) atoms. The molecule has 1 unspecified atom stereocenters. The lowest BCUT2D eigenvalue weighted by molar-refractivity contribution is 0.485. The quantitative estimate of drug-likeness (QED) is 0.829. The maximum absolute atomic E-state index is 12.6. The molecule has 1 aromatic heterocycles. The zero-order valence-electron chi connectivity index (χ0n) is 12.1. The van der Waals surface area contributed by atoms with Crippen LogP contribution < -0.4 is 4.72 Å². The summed E-state index contributed by atoms with van der Waals surface area (Å²) in [5.74, 6) is 0.622. The molecule has 0 aliphatic rings. The van der Waals surface area contributed by atoms with Gasteiger partial charge in [-0.15, -0.1) is 11.6 Å². The van der Waals surface area contributed by atoms with Gasteiger partial charge in [-0.25, -0.2) is 13.1 Å². The minimum atomic E-state index is -3.61. The highest BCUT2D eigenvalue weighted by molar-refractivity contribution is 7.89. The van der Waals surface area contributed by atoms with Gasteiger partial charge in [-0.1, -0.05) is 26.0 Å². The minimum Gasteiger partial charge on any atom is -0.264 e. The van der Waals surface area contributed by atoms with Crippen molar-refractivity contribution < 1.29 is 8.42 Å². The van der Waals surface area contributed by atoms with E-state index in [1.165, 1.54) is 0 Å². The van der Waals surface area contributed by atoms with Gasteiger partial charge in [-0.2, -0.15) is 0 Å². The van der Waals surface area contributed by atoms with Crippen LogP contribution in [0.15, 0.2) is 41.6 Å². The predicted molar refractivity (Wildman–Crippen MR) is 86.0 cm³/mol. The van der Waals surface area contributed by atoms with Crippen molar-refractivity contribution in [3.8, 4) is 0 Å². The third-order valence-electron chi connectivity index (χ3n) is 3.19. The first kappa shape index (κ1) is 16.2. The zero-order chi connectivity index (χ0) is 15.5. The molecule has 6 heteroatoms. The van der Waals surface area contributed by atoms with Gasteiger partial charge in [0.25, 0.3) is 0 Å². The van der Waals surface area contributed by atoms with Crippen LogP contribution in [0, 0.1) is 5.92 Å². The molecule has 4 nitrogen and oxygen atoms in total. The van der Waals surface area contributed by atoms with E-state index < -0.39 is 10.0 Å². The molecule has 0 spiro atoms. The SMILES string of the molecule is CC(C)CC(CCl)NS(=O)(=O)c1cccc2cnccc12. The highest BCUT2D eigenvalue weighted by atomic mass is 35.5. The van der Waals surface area contributed by atoms with Gasteiger partial charge in [0.15, 0.2) is 0 Å². The maximum atomic E-state index is 12.6. The number of rotatable bonds is 6. The number of halogens is 1. The number of sulfonamides is 1. The largest absolute Gasteiger partial charge is 0.264 e. The van der Waals surface area contributed by atoms with E-state index in [0.29, 0.717) is 17.7 Å². The van der Waals surface area contributed by atoms with E-state index in [0.717, 1.165) is 5.39 Å². The fourth-order valence-electron chi connectivity index (χ4n) is 2.32. The molecule has 1 heterocycles. The van der Waals surface area contributed by atoms with Crippen molar-refractivity contribution in [2.24, 2.45) is 5.92 Å². The van der Waals surface area contributed by atoms with Crippen molar-refractivity contribution in [1.29, 1.82) is 0 Å². The first-order valence-corrected chi connectivity index (χ1v) is 8.87. The van der Waals surface area contributed by atoms with Crippen LogP contribution in [0.5, 0.6) is 0 Å². The van der Waals surface area contributed by atoms with Crippen LogP contribution in [0.4, 0.5) is 0 Å². The molecule has 0 aliphatic heterocycles. The predicted octanol–water partition coefficient (Wildman–Crippen LogP) is 3.17. The normalized spacial score (nSPS) is 13.7. The lowest BCUT2D eigenvalue weighted by atomic mass is 10.1. The van der Waals surface area contributed by atoms with Crippen LogP contribution >= 0.6 is 11.6 Å². The molecule has 0 saturated carbocycles. The molecule has 1 N–H and O–H groups in total. The number of nitrogens with one attached hydrogen (secondary N) is 1. The van der Waals surface area contributed by atoms with Crippen LogP contribution in [-0.4, -0.2) is 25.3 Å². The smallest absolute Gasteiger partial charge is 0.241 e. The molecule has 0 bridgehead atoms. The summed E-state index contributed by atoms with van der Waals surface area (Å²) in [6.45, 7) is 4.08. The van der Waals surface area contributed by atoms with Crippen molar-refractivity contribution in [1.82, 2.24) is 9.71 Å². The summed E-state index contributed by atoms with van der Waals surface area (Å²) >= 11 is 5.89. The fourth-order valence-corrected chi connectivity index (χ4v) is 4.09. The zero-order valence-corrected chi connectivity index (χ0v) is 13.7. The van der Waals surface area contributed by atoms with Crippen LogP contribution in [-0.2, 0) is 10.0 Å². The molecule has 1 aromatic carbocycles. The number of fused-ring (bicyclic) bond motifs is 1. The number of pyridine rings is 1. The standard InChI is InChI=1S/C15H19ClN2O2S/c1-11(2)8-13(9-16)18-21(19,20)15-5-3-4-12-10-17-7-6-14(12)15/h3-7,10-11,13,18H,8-9H2,1-2H3. The van der Waals surface area contributed by atoms with Crippen LogP contribution in [0.2, 0.25) is 0 Å². The second kappa shape index (κ2) is 6.73. The van der Waals surface area contributed by atoms with E-state index in [2.05, 4.69) is 9.71 Å². The van der Waals surface area contributed by atoms with E-state index >= 15 is 0 Å². The molecule has 114 valence electrons. The monoisotopic (exact) mass is 326 g/mol. The molecule has 2 rings (SSSR count). The second-order valence-corrected chi connectivity index (χ2v) is 7.45.